The van der Waals surface area contributed by atoms with Gasteiger partial charge in [-0.3, -0.25) is 0 Å². The molecule has 6 heteroatoms. The van der Waals surface area contributed by atoms with E-state index >= 15 is 0 Å². The fourth-order valence-electron chi connectivity index (χ4n) is 1.92. The second-order valence-electron chi connectivity index (χ2n) is 5.42. The smallest absolute Gasteiger partial charge is 0.320 e. The second-order valence-corrected chi connectivity index (χ2v) is 12.3. The Morgan fingerprint density at radius 1 is 0.850 bits per heavy atom. The van der Waals surface area contributed by atoms with Crippen LogP contribution in [0.5, 0.6) is 0 Å². The summed E-state index contributed by atoms with van der Waals surface area (Å²) in [6, 6.07) is 1.03. The molecule has 0 saturated carbocycles. The number of methoxy groups -OCH3 is 1. The summed E-state index contributed by atoms with van der Waals surface area (Å²) in [5.41, 5.74) is 1.02. The molecule has 0 fully saturated rings. The van der Waals surface area contributed by atoms with Gasteiger partial charge in [0.1, 0.15) is 0 Å². The lowest BCUT2D eigenvalue weighted by molar-refractivity contribution is 0.193. The predicted octanol–water partition coefficient (Wildman–Crippen LogP) is 3.25. The molecular weight excluding hydrogens is 288 g/mol. The maximum atomic E-state index is 6.20. The molecule has 0 saturated heterocycles. The van der Waals surface area contributed by atoms with Crippen LogP contribution in [0.2, 0.25) is 18.3 Å². The van der Waals surface area contributed by atoms with Crippen LogP contribution in [0.1, 0.15) is 40.0 Å². The molecule has 122 valence electrons. The molecule has 0 rings (SSSR count). The first-order chi connectivity index (χ1) is 9.61. The van der Waals surface area contributed by atoms with Gasteiger partial charge in [0.25, 0.3) is 0 Å². The molecule has 1 unspecified atom stereocenters. The van der Waals surface area contributed by atoms with Crippen LogP contribution in [-0.4, -0.2) is 51.1 Å². The van der Waals surface area contributed by atoms with Crippen molar-refractivity contribution in [2.24, 2.45) is 0 Å². The molecule has 0 spiro atoms. The van der Waals surface area contributed by atoms with Crippen molar-refractivity contribution in [1.29, 1.82) is 0 Å². The summed E-state index contributed by atoms with van der Waals surface area (Å²) < 4.78 is 23.4. The molecule has 0 aliphatic heterocycles. The fraction of sp³-hybridized carbons (Fsp3) is 1.00. The van der Waals surface area contributed by atoms with Crippen molar-refractivity contribution in [1.82, 2.24) is 0 Å². The van der Waals surface area contributed by atoms with Gasteiger partial charge in [0.15, 0.2) is 8.32 Å². The van der Waals surface area contributed by atoms with E-state index in [1.54, 1.807) is 7.11 Å². The van der Waals surface area contributed by atoms with E-state index in [2.05, 4.69) is 27.3 Å². The summed E-state index contributed by atoms with van der Waals surface area (Å²) in [6.07, 6.45) is 3.16. The zero-order chi connectivity index (χ0) is 15.3. The van der Waals surface area contributed by atoms with Crippen molar-refractivity contribution >= 4 is 17.6 Å². The molecule has 0 aliphatic rings. The minimum Gasteiger partial charge on any atom is -0.417 e. The lowest BCUT2D eigenvalue weighted by atomic mass is 10.5. The van der Waals surface area contributed by atoms with Crippen molar-refractivity contribution in [2.75, 3.05) is 33.5 Å². The van der Waals surface area contributed by atoms with E-state index in [9.17, 15) is 0 Å². The first kappa shape index (κ1) is 20.3. The topological polar surface area (TPSA) is 36.9 Å². The highest BCUT2D eigenvalue weighted by Gasteiger charge is 2.34. The summed E-state index contributed by atoms with van der Waals surface area (Å²) in [4.78, 5) is 0. The molecule has 0 aliphatic carbocycles. The molecule has 0 aromatic rings. The molecule has 0 radical (unpaired) electrons. The third kappa shape index (κ3) is 10.1. The van der Waals surface area contributed by atoms with Crippen LogP contribution in [0.25, 0.3) is 0 Å². The Morgan fingerprint density at radius 3 is 1.85 bits per heavy atom. The first-order valence-corrected chi connectivity index (χ1v) is 12.6. The normalized spacial score (nSPS) is 14.7. The van der Waals surface area contributed by atoms with E-state index in [0.29, 0.717) is 0 Å². The highest BCUT2D eigenvalue weighted by molar-refractivity contribution is 6.82. The molecule has 0 amide bonds. The summed E-state index contributed by atoms with van der Waals surface area (Å²) in [6.45, 7) is 12.0. The van der Waals surface area contributed by atoms with Gasteiger partial charge in [0, 0.05) is 39.2 Å². The molecule has 1 atom stereocenters. The third-order valence-corrected chi connectivity index (χ3v) is 11.3. The van der Waals surface area contributed by atoms with Crippen LogP contribution in [0.4, 0.5) is 0 Å². The maximum Gasteiger partial charge on any atom is 0.320 e. The highest BCUT2D eigenvalue weighted by atomic mass is 28.4. The van der Waals surface area contributed by atoms with Crippen molar-refractivity contribution in [2.45, 2.75) is 58.3 Å². The molecule has 0 heterocycles. The van der Waals surface area contributed by atoms with E-state index in [4.69, 9.17) is 18.0 Å². The lowest BCUT2D eigenvalue weighted by Gasteiger charge is -2.30. The Morgan fingerprint density at radius 2 is 1.40 bits per heavy atom. The van der Waals surface area contributed by atoms with Gasteiger partial charge in [-0.1, -0.05) is 20.8 Å². The van der Waals surface area contributed by atoms with Crippen molar-refractivity contribution in [3.8, 4) is 0 Å². The Balaban J connectivity index is 4.48. The quantitative estimate of drug-likeness (QED) is 0.460. The van der Waals surface area contributed by atoms with E-state index in [0.717, 1.165) is 57.4 Å². The Kier molecular flexibility index (Phi) is 13.2. The standard InChI is InChI=1S/C14H34O4Si2/c1-6-9-16-19(17-10-7-2)14-20(5,13-12-15-4)18-11-8-3/h19H,6-14H2,1-5H3. The lowest BCUT2D eigenvalue weighted by Crippen LogP contribution is -2.43. The monoisotopic (exact) mass is 322 g/mol. The van der Waals surface area contributed by atoms with E-state index < -0.39 is 17.6 Å². The van der Waals surface area contributed by atoms with Gasteiger partial charge in [-0.2, -0.15) is 0 Å². The Labute approximate surface area is 128 Å². The predicted molar refractivity (Wildman–Crippen MR) is 89.0 cm³/mol. The number of hydrogen-bond donors (Lipinski definition) is 0. The number of rotatable bonds is 14. The van der Waals surface area contributed by atoms with Crippen LogP contribution in [0, 0.1) is 0 Å². The SMILES string of the molecule is CCCO[SiH](C[Si](C)(CCOC)OCCC)OCCC. The molecule has 4 nitrogen and oxygen atoms in total. The van der Waals surface area contributed by atoms with Crippen molar-refractivity contribution in [3.05, 3.63) is 0 Å². The Bertz CT molecular complexity index is 201. The minimum absolute atomic E-state index is 0.773. The zero-order valence-corrected chi connectivity index (χ0v) is 16.2. The average molecular weight is 323 g/mol. The largest absolute Gasteiger partial charge is 0.417 e. The van der Waals surface area contributed by atoms with Crippen molar-refractivity contribution < 1.29 is 18.0 Å². The Hall–Kier alpha value is 0.274. The summed E-state index contributed by atoms with van der Waals surface area (Å²) >= 11 is 0. The molecule has 0 aromatic heterocycles. The second kappa shape index (κ2) is 13.0. The zero-order valence-electron chi connectivity index (χ0n) is 14.1. The summed E-state index contributed by atoms with van der Waals surface area (Å²) in [5, 5.41) is 0. The van der Waals surface area contributed by atoms with E-state index in [-0.39, 0.29) is 0 Å². The summed E-state index contributed by atoms with van der Waals surface area (Å²) in [7, 11) is -1.61. The van der Waals surface area contributed by atoms with Gasteiger partial charge in [-0.05, 0) is 31.9 Å². The van der Waals surface area contributed by atoms with Crippen LogP contribution in [-0.2, 0) is 18.0 Å². The van der Waals surface area contributed by atoms with Gasteiger partial charge in [-0.25, -0.2) is 0 Å². The molecular formula is C14H34O4Si2. The maximum absolute atomic E-state index is 6.20. The summed E-state index contributed by atoms with van der Waals surface area (Å²) in [5.74, 6) is 0. The molecule has 20 heavy (non-hydrogen) atoms. The van der Waals surface area contributed by atoms with Crippen LogP contribution < -0.4 is 0 Å². The van der Waals surface area contributed by atoms with E-state index in [1.807, 2.05) is 0 Å². The molecule has 0 aromatic carbocycles. The van der Waals surface area contributed by atoms with Gasteiger partial charge in [-0.15, -0.1) is 0 Å². The van der Waals surface area contributed by atoms with Gasteiger partial charge in [0.05, 0.1) is 0 Å². The van der Waals surface area contributed by atoms with Crippen LogP contribution in [0.3, 0.4) is 0 Å². The fourth-order valence-corrected chi connectivity index (χ4v) is 9.54. The molecule has 0 bridgehead atoms. The van der Waals surface area contributed by atoms with Gasteiger partial charge in [0.2, 0.25) is 0 Å². The average Bonchev–Trinajstić information content (AvgIpc) is 2.46. The number of hydrogen-bond acceptors (Lipinski definition) is 4. The van der Waals surface area contributed by atoms with Crippen molar-refractivity contribution in [3.63, 3.8) is 0 Å². The van der Waals surface area contributed by atoms with Crippen LogP contribution >= 0.6 is 0 Å². The van der Waals surface area contributed by atoms with Gasteiger partial charge >= 0.3 is 9.28 Å². The first-order valence-electron chi connectivity index (χ1n) is 7.98. The van der Waals surface area contributed by atoms with Crippen LogP contribution in [0.15, 0.2) is 0 Å². The number of ether oxygens (including phenoxy) is 1. The molecule has 0 N–H and O–H groups in total. The van der Waals surface area contributed by atoms with Gasteiger partial charge < -0.3 is 18.0 Å². The van der Waals surface area contributed by atoms with E-state index in [1.165, 1.54) is 0 Å². The highest BCUT2D eigenvalue weighted by Crippen LogP contribution is 2.21. The third-order valence-electron chi connectivity index (χ3n) is 3.10. The minimum atomic E-state index is -1.77.